The summed E-state index contributed by atoms with van der Waals surface area (Å²) >= 11 is 0. The molecule has 0 aromatic heterocycles. The lowest BCUT2D eigenvalue weighted by molar-refractivity contribution is 0.122. The number of benzene rings is 2. The van der Waals surface area contributed by atoms with E-state index in [1.807, 2.05) is 6.07 Å². The van der Waals surface area contributed by atoms with Crippen molar-refractivity contribution in [2.45, 2.75) is 6.42 Å². The summed E-state index contributed by atoms with van der Waals surface area (Å²) in [6, 6.07) is 14.6. The maximum absolute atomic E-state index is 12.1. The molecule has 6 heteroatoms. The first-order chi connectivity index (χ1) is 12.9. The topological polar surface area (TPSA) is 36.0 Å². The smallest absolute Gasteiger partial charge is 0.135 e. The van der Waals surface area contributed by atoms with Crippen LogP contribution in [0.4, 0.5) is 11.4 Å². The molecule has 2 aromatic carbocycles. The normalized spacial score (nSPS) is 18.1. The number of hydrazine groups is 1. The second-order valence-corrected chi connectivity index (χ2v) is 6.87. The van der Waals surface area contributed by atoms with Crippen LogP contribution in [0, 0.1) is 0 Å². The highest BCUT2D eigenvalue weighted by atomic mass is 35.5. The van der Waals surface area contributed by atoms with Crippen LogP contribution >= 0.6 is 12.4 Å². The van der Waals surface area contributed by atoms with Gasteiger partial charge in [-0.25, -0.2) is 4.79 Å². The Hall–Kier alpha value is -2.46. The molecule has 2 saturated heterocycles. The molecule has 5 rings (SSSR count). The van der Waals surface area contributed by atoms with Crippen LogP contribution in [0.2, 0.25) is 0 Å². The molecule has 0 unspecified atom stereocenters. The van der Waals surface area contributed by atoms with Crippen molar-refractivity contribution in [2.75, 3.05) is 49.3 Å². The lowest BCUT2D eigenvalue weighted by Crippen LogP contribution is -2.42. The van der Waals surface area contributed by atoms with Crippen molar-refractivity contribution in [2.24, 2.45) is 0 Å². The van der Waals surface area contributed by atoms with E-state index in [0.717, 1.165) is 60.5 Å². The molecule has 2 aromatic rings. The van der Waals surface area contributed by atoms with E-state index >= 15 is 0 Å². The van der Waals surface area contributed by atoms with Gasteiger partial charge in [0.2, 0.25) is 0 Å². The van der Waals surface area contributed by atoms with Gasteiger partial charge < -0.3 is 9.64 Å². The van der Waals surface area contributed by atoms with Crippen LogP contribution in [0.1, 0.15) is 12.0 Å². The summed E-state index contributed by atoms with van der Waals surface area (Å²) in [7, 11) is 0. The average molecular weight is 384 g/mol. The summed E-state index contributed by atoms with van der Waals surface area (Å²) < 4.78 is 5.48. The molecule has 0 N–H and O–H groups in total. The van der Waals surface area contributed by atoms with E-state index in [1.165, 1.54) is 0 Å². The molecule has 0 amide bonds. The molecule has 3 aliphatic rings. The van der Waals surface area contributed by atoms with Gasteiger partial charge in [-0.3, -0.25) is 10.0 Å². The Labute approximate surface area is 164 Å². The molecule has 27 heavy (non-hydrogen) atoms. The molecule has 5 nitrogen and oxygen atoms in total. The fraction of sp³-hybridized carbons (Fsp3) is 0.333. The third-order valence-corrected chi connectivity index (χ3v) is 5.47. The second-order valence-electron chi connectivity index (χ2n) is 6.87. The number of fused-ring (bicyclic) bond motifs is 3. The number of ether oxygens (including phenoxy) is 1. The molecule has 0 radical (unpaired) electrons. The summed E-state index contributed by atoms with van der Waals surface area (Å²) in [6.45, 7) is 4.97. The molecule has 0 spiro atoms. The van der Waals surface area contributed by atoms with Gasteiger partial charge in [-0.05, 0) is 18.6 Å². The maximum Gasteiger partial charge on any atom is 0.135 e. The number of hydrogen-bond acceptors (Lipinski definition) is 5. The number of halogens is 1. The van der Waals surface area contributed by atoms with Gasteiger partial charge in [0, 0.05) is 37.0 Å². The van der Waals surface area contributed by atoms with Crippen LogP contribution in [-0.2, 0) is 9.53 Å². The Kier molecular flexibility index (Phi) is 4.83. The van der Waals surface area contributed by atoms with Crippen molar-refractivity contribution >= 4 is 35.4 Å². The van der Waals surface area contributed by atoms with Crippen molar-refractivity contribution in [1.29, 1.82) is 0 Å². The first-order valence-corrected chi connectivity index (χ1v) is 9.24. The van der Waals surface area contributed by atoms with Gasteiger partial charge >= 0.3 is 0 Å². The Morgan fingerprint density at radius 2 is 1.56 bits per heavy atom. The molecule has 0 atom stereocenters. The predicted octanol–water partition coefficient (Wildman–Crippen LogP) is 1.05. The zero-order chi connectivity index (χ0) is 17.5. The first kappa shape index (κ1) is 17.9. The molecule has 0 aliphatic carbocycles. The number of carbonyl (C=O) groups excluding carboxylic acids is 1. The lowest BCUT2D eigenvalue weighted by atomic mass is 10.1. The summed E-state index contributed by atoms with van der Waals surface area (Å²) in [5.41, 5.74) is 4.37. The van der Waals surface area contributed by atoms with E-state index in [9.17, 15) is 4.79 Å². The standard InChI is InChI=1S/C21H21N3O2.ClH/c25-15-17-18(22-11-13-26-14-12-22)7-8-19-20(17)21(16-5-2-1-3-6-16)24-10-4-9-23(19)24;/h1-3,5-8H,4,9-14H2;1H. The van der Waals surface area contributed by atoms with Crippen LogP contribution < -0.4 is 20.3 Å². The van der Waals surface area contributed by atoms with Crippen molar-refractivity contribution in [3.05, 3.63) is 58.5 Å². The van der Waals surface area contributed by atoms with Crippen molar-refractivity contribution in [3.63, 3.8) is 0 Å². The lowest BCUT2D eigenvalue weighted by Gasteiger charge is -2.29. The summed E-state index contributed by atoms with van der Waals surface area (Å²) in [4.78, 5) is 14.3. The zero-order valence-corrected chi connectivity index (χ0v) is 15.9. The largest absolute Gasteiger partial charge is 0.378 e. The third-order valence-electron chi connectivity index (χ3n) is 5.47. The van der Waals surface area contributed by atoms with E-state index in [1.54, 1.807) is 0 Å². The quantitative estimate of drug-likeness (QED) is 0.774. The number of rotatable bonds is 2. The highest BCUT2D eigenvalue weighted by Crippen LogP contribution is 2.32. The SMILES string of the molecule is Cl.O=C=c1c(N2CCOCC2)ccc2c1=C(c1ccccc1)N1CCCN21. The fourth-order valence-electron chi connectivity index (χ4n) is 4.32. The fourth-order valence-corrected chi connectivity index (χ4v) is 4.32. The van der Waals surface area contributed by atoms with Crippen LogP contribution in [0.15, 0.2) is 42.5 Å². The van der Waals surface area contributed by atoms with Crippen LogP contribution in [0.5, 0.6) is 0 Å². The number of anilines is 2. The summed E-state index contributed by atoms with van der Waals surface area (Å²) in [6.07, 6.45) is 1.13. The average Bonchev–Trinajstić information content (AvgIpc) is 3.29. The first-order valence-electron chi connectivity index (χ1n) is 9.24. The minimum Gasteiger partial charge on any atom is -0.378 e. The Morgan fingerprint density at radius 1 is 0.852 bits per heavy atom. The Bertz CT molecular complexity index is 982. The highest BCUT2D eigenvalue weighted by molar-refractivity contribution is 5.85. The second kappa shape index (κ2) is 7.28. The molecule has 3 heterocycles. The van der Waals surface area contributed by atoms with E-state index in [2.05, 4.69) is 57.3 Å². The highest BCUT2D eigenvalue weighted by Gasteiger charge is 2.34. The van der Waals surface area contributed by atoms with Crippen LogP contribution in [0.3, 0.4) is 0 Å². The van der Waals surface area contributed by atoms with Gasteiger partial charge in [0.1, 0.15) is 5.94 Å². The minimum atomic E-state index is 0. The van der Waals surface area contributed by atoms with E-state index in [4.69, 9.17) is 4.74 Å². The van der Waals surface area contributed by atoms with E-state index in [-0.39, 0.29) is 12.4 Å². The van der Waals surface area contributed by atoms with Gasteiger partial charge in [-0.2, -0.15) is 0 Å². The van der Waals surface area contributed by atoms with Gasteiger partial charge in [-0.1, -0.05) is 30.3 Å². The van der Waals surface area contributed by atoms with Crippen LogP contribution in [0.25, 0.3) is 5.70 Å². The van der Waals surface area contributed by atoms with Crippen molar-refractivity contribution < 1.29 is 9.53 Å². The van der Waals surface area contributed by atoms with Crippen molar-refractivity contribution in [3.8, 4) is 0 Å². The minimum absolute atomic E-state index is 0. The third kappa shape index (κ3) is 2.79. The molecular weight excluding hydrogens is 362 g/mol. The Balaban J connectivity index is 0.00000180. The van der Waals surface area contributed by atoms with Gasteiger partial charge in [0.15, 0.2) is 0 Å². The molecule has 0 bridgehead atoms. The summed E-state index contributed by atoms with van der Waals surface area (Å²) in [5.74, 6) is 2.28. The summed E-state index contributed by atoms with van der Waals surface area (Å²) in [5, 5.41) is 6.33. The van der Waals surface area contributed by atoms with Crippen molar-refractivity contribution in [1.82, 2.24) is 5.01 Å². The van der Waals surface area contributed by atoms with E-state index in [0.29, 0.717) is 18.4 Å². The number of hydrogen-bond donors (Lipinski definition) is 0. The Morgan fingerprint density at radius 3 is 2.30 bits per heavy atom. The molecule has 0 saturated carbocycles. The zero-order valence-electron chi connectivity index (χ0n) is 15.1. The molecule has 2 fully saturated rings. The molecule has 3 aliphatic heterocycles. The van der Waals surface area contributed by atoms with Crippen LogP contribution in [-0.4, -0.2) is 50.3 Å². The number of morpholine rings is 1. The van der Waals surface area contributed by atoms with E-state index < -0.39 is 0 Å². The maximum atomic E-state index is 12.1. The van der Waals surface area contributed by atoms with Gasteiger partial charge in [-0.15, -0.1) is 12.4 Å². The molecule has 140 valence electrons. The number of nitrogens with zero attached hydrogens (tertiary/aromatic N) is 3. The monoisotopic (exact) mass is 383 g/mol. The molecular formula is C21H22ClN3O2. The van der Waals surface area contributed by atoms with Gasteiger partial charge in [0.25, 0.3) is 0 Å². The van der Waals surface area contributed by atoms with Gasteiger partial charge in [0.05, 0.1) is 35.5 Å². The predicted molar refractivity (Wildman–Crippen MR) is 108 cm³/mol.